The van der Waals surface area contributed by atoms with E-state index in [2.05, 4.69) is 0 Å². The van der Waals surface area contributed by atoms with Crippen molar-refractivity contribution in [3.05, 3.63) is 35.6 Å². The van der Waals surface area contributed by atoms with Crippen LogP contribution in [0.4, 0.5) is 4.39 Å². The SMILES string of the molecule is O=CC(c1ccc(F)cc1)C1CCS(=O)(=O)CC1. The van der Waals surface area contributed by atoms with Crippen LogP contribution in [0.3, 0.4) is 0 Å². The highest BCUT2D eigenvalue weighted by atomic mass is 32.2. The smallest absolute Gasteiger partial charge is 0.150 e. The predicted molar refractivity (Wildman–Crippen MR) is 66.6 cm³/mol. The molecule has 1 heterocycles. The molecule has 3 nitrogen and oxygen atoms in total. The number of benzene rings is 1. The summed E-state index contributed by atoms with van der Waals surface area (Å²) < 4.78 is 35.5. The number of hydrogen-bond acceptors (Lipinski definition) is 3. The monoisotopic (exact) mass is 270 g/mol. The first-order valence-electron chi connectivity index (χ1n) is 5.93. The number of rotatable bonds is 3. The average Bonchev–Trinajstić information content (AvgIpc) is 2.34. The van der Waals surface area contributed by atoms with Gasteiger partial charge in [-0.1, -0.05) is 12.1 Å². The molecule has 18 heavy (non-hydrogen) atoms. The van der Waals surface area contributed by atoms with Gasteiger partial charge >= 0.3 is 0 Å². The average molecular weight is 270 g/mol. The largest absolute Gasteiger partial charge is 0.303 e. The van der Waals surface area contributed by atoms with Crippen molar-refractivity contribution < 1.29 is 17.6 Å². The van der Waals surface area contributed by atoms with Gasteiger partial charge in [-0.3, -0.25) is 0 Å². The van der Waals surface area contributed by atoms with Gasteiger partial charge in [-0.05, 0) is 36.5 Å². The molecule has 1 atom stereocenters. The van der Waals surface area contributed by atoms with Crippen LogP contribution < -0.4 is 0 Å². The minimum atomic E-state index is -2.92. The molecule has 1 aromatic carbocycles. The molecule has 98 valence electrons. The zero-order chi connectivity index (χ0) is 13.2. The van der Waals surface area contributed by atoms with Crippen molar-refractivity contribution >= 4 is 16.1 Å². The van der Waals surface area contributed by atoms with Crippen LogP contribution in [0.2, 0.25) is 0 Å². The summed E-state index contributed by atoms with van der Waals surface area (Å²) in [6, 6.07) is 5.84. The second-order valence-corrected chi connectivity index (χ2v) is 7.01. The van der Waals surface area contributed by atoms with E-state index in [4.69, 9.17) is 0 Å². The first kappa shape index (κ1) is 13.2. The molecule has 2 rings (SSSR count). The summed E-state index contributed by atoms with van der Waals surface area (Å²) in [5.41, 5.74) is 0.760. The molecule has 1 aliphatic heterocycles. The maximum absolute atomic E-state index is 12.8. The third-order valence-corrected chi connectivity index (χ3v) is 5.22. The highest BCUT2D eigenvalue weighted by Gasteiger charge is 2.30. The molecule has 0 aliphatic carbocycles. The van der Waals surface area contributed by atoms with Gasteiger partial charge in [0.25, 0.3) is 0 Å². The van der Waals surface area contributed by atoms with Gasteiger partial charge in [-0.25, -0.2) is 12.8 Å². The third-order valence-electron chi connectivity index (χ3n) is 3.51. The fraction of sp³-hybridized carbons (Fsp3) is 0.462. The van der Waals surface area contributed by atoms with E-state index in [0.29, 0.717) is 12.8 Å². The van der Waals surface area contributed by atoms with Crippen molar-refractivity contribution in [1.29, 1.82) is 0 Å². The molecule has 1 saturated heterocycles. The van der Waals surface area contributed by atoms with Crippen LogP contribution in [0, 0.1) is 11.7 Å². The van der Waals surface area contributed by atoms with Gasteiger partial charge in [0.15, 0.2) is 0 Å². The Hall–Kier alpha value is -1.23. The molecule has 0 spiro atoms. The summed E-state index contributed by atoms with van der Waals surface area (Å²) in [4.78, 5) is 11.2. The molecule has 0 amide bonds. The zero-order valence-corrected chi connectivity index (χ0v) is 10.7. The van der Waals surface area contributed by atoms with Gasteiger partial charge in [0, 0.05) is 5.92 Å². The second-order valence-electron chi connectivity index (χ2n) is 4.70. The third kappa shape index (κ3) is 2.96. The molecule has 0 bridgehead atoms. The molecule has 1 aliphatic rings. The first-order chi connectivity index (χ1) is 8.52. The highest BCUT2D eigenvalue weighted by molar-refractivity contribution is 7.91. The van der Waals surface area contributed by atoms with Gasteiger partial charge in [0.1, 0.15) is 21.9 Å². The van der Waals surface area contributed by atoms with Crippen LogP contribution in [0.25, 0.3) is 0 Å². The van der Waals surface area contributed by atoms with E-state index in [1.165, 1.54) is 12.1 Å². The number of carbonyl (C=O) groups excluding carboxylic acids is 1. The van der Waals surface area contributed by atoms with E-state index < -0.39 is 9.84 Å². The second kappa shape index (κ2) is 5.18. The van der Waals surface area contributed by atoms with E-state index in [1.807, 2.05) is 0 Å². The Morgan fingerprint density at radius 2 is 1.72 bits per heavy atom. The molecule has 0 radical (unpaired) electrons. The first-order valence-corrected chi connectivity index (χ1v) is 7.75. The van der Waals surface area contributed by atoms with Crippen LogP contribution in [0.15, 0.2) is 24.3 Å². The minimum Gasteiger partial charge on any atom is -0.303 e. The Morgan fingerprint density at radius 3 is 2.22 bits per heavy atom. The topological polar surface area (TPSA) is 51.2 Å². The van der Waals surface area contributed by atoms with Gasteiger partial charge in [-0.15, -0.1) is 0 Å². The van der Waals surface area contributed by atoms with Gasteiger partial charge in [0.05, 0.1) is 11.5 Å². The lowest BCUT2D eigenvalue weighted by Gasteiger charge is -2.26. The Labute approximate surface area is 106 Å². The van der Waals surface area contributed by atoms with Crippen LogP contribution in [-0.2, 0) is 14.6 Å². The van der Waals surface area contributed by atoms with Crippen LogP contribution >= 0.6 is 0 Å². The van der Waals surface area contributed by atoms with Gasteiger partial charge < -0.3 is 4.79 Å². The maximum atomic E-state index is 12.8. The lowest BCUT2D eigenvalue weighted by molar-refractivity contribution is -0.110. The molecule has 5 heteroatoms. The summed E-state index contributed by atoms with van der Waals surface area (Å²) in [5, 5.41) is 0. The Kier molecular flexibility index (Phi) is 3.80. The van der Waals surface area contributed by atoms with E-state index in [0.717, 1.165) is 11.8 Å². The standard InChI is InChI=1S/C13H15FO3S/c14-12-3-1-10(2-4-12)13(9-15)11-5-7-18(16,17)8-6-11/h1-4,9,11,13H,5-8H2. The predicted octanol–water partition coefficient (Wildman–Crippen LogP) is 1.93. The summed E-state index contributed by atoms with van der Waals surface area (Å²) in [7, 11) is -2.92. The zero-order valence-electron chi connectivity index (χ0n) is 9.88. The number of carbonyl (C=O) groups is 1. The van der Waals surface area contributed by atoms with E-state index in [-0.39, 0.29) is 29.2 Å². The molecule has 0 aromatic heterocycles. The van der Waals surface area contributed by atoms with Crippen molar-refractivity contribution in [2.24, 2.45) is 5.92 Å². The molecular weight excluding hydrogens is 255 g/mol. The summed E-state index contributed by atoms with van der Waals surface area (Å²) in [5.74, 6) is -0.348. The van der Waals surface area contributed by atoms with E-state index in [9.17, 15) is 17.6 Å². The maximum Gasteiger partial charge on any atom is 0.150 e. The van der Waals surface area contributed by atoms with Crippen LogP contribution in [0.1, 0.15) is 24.3 Å². The number of hydrogen-bond donors (Lipinski definition) is 0. The van der Waals surface area contributed by atoms with E-state index >= 15 is 0 Å². The molecule has 0 saturated carbocycles. The lowest BCUT2D eigenvalue weighted by atomic mass is 9.83. The number of aldehydes is 1. The van der Waals surface area contributed by atoms with Crippen LogP contribution in [-0.4, -0.2) is 26.2 Å². The number of sulfone groups is 1. The van der Waals surface area contributed by atoms with Gasteiger partial charge in [0.2, 0.25) is 0 Å². The fourth-order valence-electron chi connectivity index (χ4n) is 2.41. The Morgan fingerprint density at radius 1 is 1.17 bits per heavy atom. The van der Waals surface area contributed by atoms with Crippen LogP contribution in [0.5, 0.6) is 0 Å². The van der Waals surface area contributed by atoms with Crippen molar-refractivity contribution in [3.63, 3.8) is 0 Å². The molecule has 0 N–H and O–H groups in total. The highest BCUT2D eigenvalue weighted by Crippen LogP contribution is 2.32. The normalized spacial score (nSPS) is 21.4. The Bertz CT molecular complexity index is 508. The fourth-order valence-corrected chi connectivity index (χ4v) is 3.94. The lowest BCUT2D eigenvalue weighted by Crippen LogP contribution is -2.27. The molecular formula is C13H15FO3S. The molecule has 1 unspecified atom stereocenters. The van der Waals surface area contributed by atoms with Crippen molar-refractivity contribution in [3.8, 4) is 0 Å². The molecule has 1 aromatic rings. The minimum absolute atomic E-state index is 0.0384. The van der Waals surface area contributed by atoms with Crippen molar-refractivity contribution in [2.45, 2.75) is 18.8 Å². The number of halogens is 1. The molecule has 1 fully saturated rings. The van der Waals surface area contributed by atoms with Crippen molar-refractivity contribution in [1.82, 2.24) is 0 Å². The Balaban J connectivity index is 2.15. The summed E-state index contributed by atoms with van der Waals surface area (Å²) in [6.07, 6.45) is 1.85. The summed E-state index contributed by atoms with van der Waals surface area (Å²) in [6.45, 7) is 0. The summed E-state index contributed by atoms with van der Waals surface area (Å²) >= 11 is 0. The van der Waals surface area contributed by atoms with E-state index in [1.54, 1.807) is 12.1 Å². The van der Waals surface area contributed by atoms with Gasteiger partial charge in [-0.2, -0.15) is 0 Å². The quantitative estimate of drug-likeness (QED) is 0.789. The van der Waals surface area contributed by atoms with Crippen molar-refractivity contribution in [2.75, 3.05) is 11.5 Å².